The molecule has 0 saturated carbocycles. The Hall–Kier alpha value is -2.02. The SMILES string of the molecule is NCCC1CCCCN1C(=O)c1cc(F)cc([N+](=O)[O-])c1. The van der Waals surface area contributed by atoms with Gasteiger partial charge in [0, 0.05) is 24.2 Å². The standard InChI is InChI=1S/C14H18FN3O3/c15-11-7-10(8-13(9-11)18(20)21)14(19)17-6-2-1-3-12(17)4-5-16/h7-9,12H,1-6,16H2. The zero-order valence-corrected chi connectivity index (χ0v) is 11.6. The highest BCUT2D eigenvalue weighted by Gasteiger charge is 2.28. The Kier molecular flexibility index (Phi) is 4.85. The van der Waals surface area contributed by atoms with Gasteiger partial charge in [0.1, 0.15) is 5.82 Å². The van der Waals surface area contributed by atoms with E-state index in [1.165, 1.54) is 0 Å². The van der Waals surface area contributed by atoms with Gasteiger partial charge in [0.05, 0.1) is 11.0 Å². The van der Waals surface area contributed by atoms with Crippen LogP contribution in [0.5, 0.6) is 0 Å². The van der Waals surface area contributed by atoms with Crippen molar-refractivity contribution < 1.29 is 14.1 Å². The van der Waals surface area contributed by atoms with Gasteiger partial charge in [0.25, 0.3) is 11.6 Å². The molecule has 21 heavy (non-hydrogen) atoms. The summed E-state index contributed by atoms with van der Waals surface area (Å²) in [6, 6.07) is 3.01. The minimum Gasteiger partial charge on any atom is -0.336 e. The lowest BCUT2D eigenvalue weighted by molar-refractivity contribution is -0.385. The number of carbonyl (C=O) groups is 1. The lowest BCUT2D eigenvalue weighted by Crippen LogP contribution is -2.44. The Morgan fingerprint density at radius 2 is 2.19 bits per heavy atom. The van der Waals surface area contributed by atoms with E-state index in [9.17, 15) is 19.3 Å². The number of benzene rings is 1. The van der Waals surface area contributed by atoms with Crippen molar-refractivity contribution in [2.45, 2.75) is 31.7 Å². The average Bonchev–Trinajstić information content (AvgIpc) is 2.47. The first-order valence-corrected chi connectivity index (χ1v) is 6.99. The second-order valence-electron chi connectivity index (χ2n) is 5.18. The Labute approximate surface area is 121 Å². The van der Waals surface area contributed by atoms with Gasteiger partial charge in [-0.25, -0.2) is 4.39 Å². The molecule has 1 heterocycles. The molecule has 0 aliphatic carbocycles. The maximum atomic E-state index is 13.5. The number of hydrogen-bond acceptors (Lipinski definition) is 4. The Morgan fingerprint density at radius 1 is 1.43 bits per heavy atom. The maximum Gasteiger partial charge on any atom is 0.273 e. The van der Waals surface area contributed by atoms with Crippen molar-refractivity contribution in [1.29, 1.82) is 0 Å². The summed E-state index contributed by atoms with van der Waals surface area (Å²) in [5.41, 5.74) is 5.17. The molecule has 0 radical (unpaired) electrons. The number of hydrogen-bond donors (Lipinski definition) is 1. The van der Waals surface area contributed by atoms with Crippen molar-refractivity contribution in [3.63, 3.8) is 0 Å². The molecule has 1 aromatic carbocycles. The van der Waals surface area contributed by atoms with Crippen molar-refractivity contribution in [3.05, 3.63) is 39.7 Å². The summed E-state index contributed by atoms with van der Waals surface area (Å²) in [6.07, 6.45) is 3.45. The smallest absolute Gasteiger partial charge is 0.273 e. The highest BCUT2D eigenvalue weighted by atomic mass is 19.1. The summed E-state index contributed by atoms with van der Waals surface area (Å²) in [5.74, 6) is -1.14. The van der Waals surface area contributed by atoms with Crippen LogP contribution in [0.4, 0.5) is 10.1 Å². The number of rotatable bonds is 4. The molecule has 0 bridgehead atoms. The molecule has 0 aromatic heterocycles. The molecule has 1 unspecified atom stereocenters. The molecule has 114 valence electrons. The van der Waals surface area contributed by atoms with Gasteiger partial charge in [-0.2, -0.15) is 0 Å². The fourth-order valence-electron chi connectivity index (χ4n) is 2.73. The zero-order chi connectivity index (χ0) is 15.4. The van der Waals surface area contributed by atoms with E-state index in [2.05, 4.69) is 0 Å². The molecule has 1 aromatic rings. The number of nitrogens with zero attached hydrogens (tertiary/aromatic N) is 2. The molecular weight excluding hydrogens is 277 g/mol. The third-order valence-electron chi connectivity index (χ3n) is 3.73. The number of nitrogens with two attached hydrogens (primary N) is 1. The van der Waals surface area contributed by atoms with Gasteiger partial charge in [-0.05, 0) is 38.3 Å². The van der Waals surface area contributed by atoms with E-state index in [0.29, 0.717) is 19.5 Å². The van der Waals surface area contributed by atoms with Crippen molar-refractivity contribution in [2.75, 3.05) is 13.1 Å². The number of piperidine rings is 1. The van der Waals surface area contributed by atoms with E-state index in [1.807, 2.05) is 0 Å². The molecule has 2 N–H and O–H groups in total. The van der Waals surface area contributed by atoms with Crippen molar-refractivity contribution in [2.24, 2.45) is 5.73 Å². The van der Waals surface area contributed by atoms with Crippen LogP contribution in [0.25, 0.3) is 0 Å². The Bertz CT molecular complexity index is 548. The van der Waals surface area contributed by atoms with Crippen LogP contribution in [0, 0.1) is 15.9 Å². The fourth-order valence-corrected chi connectivity index (χ4v) is 2.73. The lowest BCUT2D eigenvalue weighted by Gasteiger charge is -2.35. The summed E-state index contributed by atoms with van der Waals surface area (Å²) in [7, 11) is 0. The van der Waals surface area contributed by atoms with Crippen molar-refractivity contribution in [3.8, 4) is 0 Å². The zero-order valence-electron chi connectivity index (χ0n) is 11.6. The summed E-state index contributed by atoms with van der Waals surface area (Å²) < 4.78 is 13.5. The van der Waals surface area contributed by atoms with E-state index < -0.39 is 16.4 Å². The van der Waals surface area contributed by atoms with E-state index in [-0.39, 0.29) is 17.5 Å². The van der Waals surface area contributed by atoms with Crippen molar-refractivity contribution >= 4 is 11.6 Å². The molecule has 1 aliphatic heterocycles. The minimum absolute atomic E-state index is 0.0191. The highest BCUT2D eigenvalue weighted by molar-refractivity contribution is 5.95. The summed E-state index contributed by atoms with van der Waals surface area (Å²) >= 11 is 0. The quantitative estimate of drug-likeness (QED) is 0.680. The van der Waals surface area contributed by atoms with Crippen LogP contribution in [0.3, 0.4) is 0 Å². The van der Waals surface area contributed by atoms with E-state index in [4.69, 9.17) is 5.73 Å². The van der Waals surface area contributed by atoms with Crippen LogP contribution in [0.15, 0.2) is 18.2 Å². The van der Waals surface area contributed by atoms with Crippen LogP contribution in [-0.4, -0.2) is 34.9 Å². The summed E-state index contributed by atoms with van der Waals surface area (Å²) in [4.78, 5) is 24.2. The number of non-ortho nitro benzene ring substituents is 1. The fraction of sp³-hybridized carbons (Fsp3) is 0.500. The average molecular weight is 295 g/mol. The number of carbonyl (C=O) groups excluding carboxylic acids is 1. The molecule has 1 saturated heterocycles. The number of nitro groups is 1. The van der Waals surface area contributed by atoms with Gasteiger partial charge in [-0.3, -0.25) is 14.9 Å². The second-order valence-corrected chi connectivity index (χ2v) is 5.18. The van der Waals surface area contributed by atoms with Gasteiger partial charge in [-0.1, -0.05) is 0 Å². The number of likely N-dealkylation sites (tertiary alicyclic amines) is 1. The highest BCUT2D eigenvalue weighted by Crippen LogP contribution is 2.24. The van der Waals surface area contributed by atoms with Gasteiger partial charge in [0.2, 0.25) is 0 Å². The number of halogens is 1. The normalized spacial score (nSPS) is 18.6. The first-order chi connectivity index (χ1) is 10.0. The third-order valence-corrected chi connectivity index (χ3v) is 3.73. The second kappa shape index (κ2) is 6.62. The predicted octanol–water partition coefficient (Wildman–Crippen LogP) is 2.08. The molecule has 6 nitrogen and oxygen atoms in total. The largest absolute Gasteiger partial charge is 0.336 e. The molecular formula is C14H18FN3O3. The number of amides is 1. The molecule has 1 atom stereocenters. The third kappa shape index (κ3) is 3.55. The first-order valence-electron chi connectivity index (χ1n) is 6.99. The van der Waals surface area contributed by atoms with Gasteiger partial charge < -0.3 is 10.6 Å². The van der Waals surface area contributed by atoms with Crippen LogP contribution in [0.2, 0.25) is 0 Å². The Balaban J connectivity index is 2.27. The monoisotopic (exact) mass is 295 g/mol. The van der Waals surface area contributed by atoms with Crippen LogP contribution >= 0.6 is 0 Å². The molecule has 1 aliphatic rings. The summed E-state index contributed by atoms with van der Waals surface area (Å²) in [5, 5.41) is 10.8. The number of nitro benzene ring substituents is 1. The van der Waals surface area contributed by atoms with Crippen LogP contribution in [0.1, 0.15) is 36.0 Å². The first kappa shape index (κ1) is 15.4. The molecule has 1 amide bonds. The predicted molar refractivity (Wildman–Crippen MR) is 75.4 cm³/mol. The molecule has 0 spiro atoms. The molecule has 2 rings (SSSR count). The van der Waals surface area contributed by atoms with E-state index in [0.717, 1.165) is 37.5 Å². The van der Waals surface area contributed by atoms with Gasteiger partial charge in [0.15, 0.2) is 0 Å². The molecule has 7 heteroatoms. The van der Waals surface area contributed by atoms with Crippen molar-refractivity contribution in [1.82, 2.24) is 4.90 Å². The van der Waals surface area contributed by atoms with E-state index >= 15 is 0 Å². The van der Waals surface area contributed by atoms with Gasteiger partial charge in [-0.15, -0.1) is 0 Å². The minimum atomic E-state index is -0.778. The maximum absolute atomic E-state index is 13.5. The molecule has 1 fully saturated rings. The van der Waals surface area contributed by atoms with Gasteiger partial charge >= 0.3 is 0 Å². The summed E-state index contributed by atoms with van der Waals surface area (Å²) in [6.45, 7) is 1.05. The van der Waals surface area contributed by atoms with E-state index in [1.54, 1.807) is 4.90 Å². The van der Waals surface area contributed by atoms with Crippen LogP contribution < -0.4 is 5.73 Å². The van der Waals surface area contributed by atoms with Crippen LogP contribution in [-0.2, 0) is 0 Å². The topological polar surface area (TPSA) is 89.5 Å². The lowest BCUT2D eigenvalue weighted by atomic mass is 9.98. The Morgan fingerprint density at radius 3 is 2.86 bits per heavy atom.